The van der Waals surface area contributed by atoms with E-state index in [-0.39, 0.29) is 11.6 Å². The van der Waals surface area contributed by atoms with Crippen LogP contribution in [0.2, 0.25) is 0 Å². The molecular formula is C12H14FNO. The van der Waals surface area contributed by atoms with E-state index in [0.29, 0.717) is 12.1 Å². The number of rotatable bonds is 3. The minimum Gasteiger partial charge on any atom is -0.329 e. The fraction of sp³-hybridized carbons (Fsp3) is 0.417. The monoisotopic (exact) mass is 207 g/mol. The maximum atomic E-state index is 13.0. The summed E-state index contributed by atoms with van der Waals surface area (Å²) in [7, 11) is 0. The number of aryl methyl sites for hydroxylation is 1. The minimum atomic E-state index is -0.390. The van der Waals surface area contributed by atoms with Gasteiger partial charge in [-0.2, -0.15) is 0 Å². The van der Waals surface area contributed by atoms with Crippen LogP contribution in [-0.4, -0.2) is 12.3 Å². The highest BCUT2D eigenvalue weighted by atomic mass is 19.1. The molecule has 2 N–H and O–H groups in total. The van der Waals surface area contributed by atoms with Gasteiger partial charge in [-0.1, -0.05) is 6.07 Å². The third kappa shape index (κ3) is 1.67. The SMILES string of the molecule is Cc1ccc(F)cc1C(=O)C1(CN)CC1. The summed E-state index contributed by atoms with van der Waals surface area (Å²) >= 11 is 0. The minimum absolute atomic E-state index is 0.00185. The van der Waals surface area contributed by atoms with E-state index in [2.05, 4.69) is 0 Å². The lowest BCUT2D eigenvalue weighted by molar-refractivity contribution is 0.0904. The summed E-state index contributed by atoms with van der Waals surface area (Å²) in [6, 6.07) is 4.32. The zero-order valence-corrected chi connectivity index (χ0v) is 8.72. The van der Waals surface area contributed by atoms with Crippen LogP contribution in [0, 0.1) is 18.2 Å². The second kappa shape index (κ2) is 3.42. The number of ketones is 1. The van der Waals surface area contributed by atoms with Crippen molar-refractivity contribution >= 4 is 5.78 Å². The Kier molecular flexibility index (Phi) is 2.35. The van der Waals surface area contributed by atoms with Crippen LogP contribution in [0.4, 0.5) is 4.39 Å². The van der Waals surface area contributed by atoms with Crippen molar-refractivity contribution in [2.24, 2.45) is 11.1 Å². The Morgan fingerprint density at radius 3 is 2.73 bits per heavy atom. The van der Waals surface area contributed by atoms with Gasteiger partial charge in [0, 0.05) is 17.5 Å². The summed E-state index contributed by atoms with van der Waals surface area (Å²) in [5.74, 6) is -0.362. The van der Waals surface area contributed by atoms with Gasteiger partial charge in [-0.05, 0) is 37.5 Å². The second-order valence-corrected chi connectivity index (χ2v) is 4.27. The topological polar surface area (TPSA) is 43.1 Å². The molecule has 80 valence electrons. The van der Waals surface area contributed by atoms with E-state index in [1.54, 1.807) is 6.07 Å². The molecule has 1 aliphatic carbocycles. The molecule has 0 radical (unpaired) electrons. The van der Waals surface area contributed by atoms with E-state index in [9.17, 15) is 9.18 Å². The van der Waals surface area contributed by atoms with Crippen molar-refractivity contribution in [3.8, 4) is 0 Å². The molecule has 3 heteroatoms. The molecule has 1 aromatic carbocycles. The van der Waals surface area contributed by atoms with Crippen LogP contribution in [0.15, 0.2) is 18.2 Å². The first-order chi connectivity index (χ1) is 7.09. The van der Waals surface area contributed by atoms with E-state index in [0.717, 1.165) is 18.4 Å². The third-order valence-electron chi connectivity index (χ3n) is 3.17. The molecule has 2 rings (SSSR count). The van der Waals surface area contributed by atoms with Gasteiger partial charge >= 0.3 is 0 Å². The van der Waals surface area contributed by atoms with Crippen molar-refractivity contribution in [1.29, 1.82) is 0 Å². The maximum Gasteiger partial charge on any atom is 0.170 e. The van der Waals surface area contributed by atoms with Crippen molar-refractivity contribution in [3.05, 3.63) is 35.1 Å². The zero-order valence-electron chi connectivity index (χ0n) is 8.72. The molecular weight excluding hydrogens is 193 g/mol. The average Bonchev–Trinajstić information content (AvgIpc) is 3.01. The first-order valence-electron chi connectivity index (χ1n) is 5.10. The largest absolute Gasteiger partial charge is 0.329 e. The van der Waals surface area contributed by atoms with Crippen molar-refractivity contribution < 1.29 is 9.18 Å². The van der Waals surface area contributed by atoms with Crippen LogP contribution in [-0.2, 0) is 0 Å². The van der Waals surface area contributed by atoms with Crippen LogP contribution in [0.3, 0.4) is 0 Å². The molecule has 1 aliphatic rings. The fourth-order valence-electron chi connectivity index (χ4n) is 1.80. The molecule has 0 amide bonds. The number of benzene rings is 1. The molecule has 0 saturated heterocycles. The van der Waals surface area contributed by atoms with E-state index >= 15 is 0 Å². The van der Waals surface area contributed by atoms with Crippen molar-refractivity contribution in [1.82, 2.24) is 0 Å². The summed E-state index contributed by atoms with van der Waals surface area (Å²) in [5.41, 5.74) is 6.49. The van der Waals surface area contributed by atoms with Crippen LogP contribution >= 0.6 is 0 Å². The Morgan fingerprint density at radius 2 is 2.20 bits per heavy atom. The Labute approximate surface area is 88.3 Å². The van der Waals surface area contributed by atoms with Crippen LogP contribution in [0.1, 0.15) is 28.8 Å². The predicted molar refractivity (Wildman–Crippen MR) is 56.2 cm³/mol. The molecule has 0 aromatic heterocycles. The van der Waals surface area contributed by atoms with Crippen LogP contribution < -0.4 is 5.73 Å². The van der Waals surface area contributed by atoms with Gasteiger partial charge in [0.1, 0.15) is 5.82 Å². The van der Waals surface area contributed by atoms with E-state index in [1.807, 2.05) is 6.92 Å². The lowest BCUT2D eigenvalue weighted by atomic mass is 9.92. The van der Waals surface area contributed by atoms with Crippen LogP contribution in [0.5, 0.6) is 0 Å². The highest BCUT2D eigenvalue weighted by Gasteiger charge is 2.48. The van der Waals surface area contributed by atoms with Crippen molar-refractivity contribution in [2.45, 2.75) is 19.8 Å². The number of carbonyl (C=O) groups excluding carboxylic acids is 1. The molecule has 1 fully saturated rings. The summed E-state index contributed by atoms with van der Waals surface area (Å²) in [5, 5.41) is 0. The smallest absolute Gasteiger partial charge is 0.170 e. The molecule has 1 aromatic rings. The molecule has 0 atom stereocenters. The van der Waals surface area contributed by atoms with Gasteiger partial charge in [0.15, 0.2) is 5.78 Å². The predicted octanol–water partition coefficient (Wildman–Crippen LogP) is 2.06. The second-order valence-electron chi connectivity index (χ2n) is 4.27. The number of nitrogens with two attached hydrogens (primary N) is 1. The summed E-state index contributed by atoms with van der Waals surface area (Å²) in [6.45, 7) is 2.18. The van der Waals surface area contributed by atoms with Gasteiger partial charge in [-0.3, -0.25) is 4.79 Å². The first kappa shape index (κ1) is 10.3. The van der Waals surface area contributed by atoms with Gasteiger partial charge in [0.05, 0.1) is 0 Å². The Hall–Kier alpha value is -1.22. The van der Waals surface area contributed by atoms with E-state index < -0.39 is 5.41 Å². The van der Waals surface area contributed by atoms with E-state index in [4.69, 9.17) is 5.73 Å². The number of carbonyl (C=O) groups is 1. The van der Waals surface area contributed by atoms with Crippen LogP contribution in [0.25, 0.3) is 0 Å². The average molecular weight is 207 g/mol. The van der Waals surface area contributed by atoms with Gasteiger partial charge in [-0.25, -0.2) is 4.39 Å². The van der Waals surface area contributed by atoms with Gasteiger partial charge in [0.25, 0.3) is 0 Å². The molecule has 2 nitrogen and oxygen atoms in total. The number of Topliss-reactive ketones (excluding diaryl/α,β-unsaturated/α-hetero) is 1. The summed E-state index contributed by atoms with van der Waals surface area (Å²) < 4.78 is 13.0. The highest BCUT2D eigenvalue weighted by Crippen LogP contribution is 2.47. The molecule has 0 heterocycles. The normalized spacial score (nSPS) is 17.5. The molecule has 0 spiro atoms. The zero-order chi connectivity index (χ0) is 11.1. The molecule has 15 heavy (non-hydrogen) atoms. The van der Waals surface area contributed by atoms with Crippen molar-refractivity contribution in [2.75, 3.05) is 6.54 Å². The Balaban J connectivity index is 2.37. The fourth-order valence-corrected chi connectivity index (χ4v) is 1.80. The maximum absolute atomic E-state index is 13.0. The lowest BCUT2D eigenvalue weighted by Crippen LogP contribution is -2.26. The Bertz CT molecular complexity index is 410. The Morgan fingerprint density at radius 1 is 1.53 bits per heavy atom. The number of halogens is 1. The lowest BCUT2D eigenvalue weighted by Gasteiger charge is -2.12. The summed E-state index contributed by atoms with van der Waals surface area (Å²) in [6.07, 6.45) is 1.66. The molecule has 0 unspecified atom stereocenters. The molecule has 0 aliphatic heterocycles. The van der Waals surface area contributed by atoms with Gasteiger partial charge < -0.3 is 5.73 Å². The highest BCUT2D eigenvalue weighted by molar-refractivity contribution is 6.03. The molecule has 1 saturated carbocycles. The summed E-state index contributed by atoms with van der Waals surface area (Å²) in [4.78, 5) is 12.1. The number of hydrogen-bond acceptors (Lipinski definition) is 2. The van der Waals surface area contributed by atoms with Crippen molar-refractivity contribution in [3.63, 3.8) is 0 Å². The number of hydrogen-bond donors (Lipinski definition) is 1. The van der Waals surface area contributed by atoms with Gasteiger partial charge in [0.2, 0.25) is 0 Å². The molecule has 0 bridgehead atoms. The quantitative estimate of drug-likeness (QED) is 0.771. The third-order valence-corrected chi connectivity index (χ3v) is 3.17. The standard InChI is InChI=1S/C12H14FNO/c1-8-2-3-9(13)6-10(8)11(15)12(7-14)4-5-12/h2-3,6H,4-5,7,14H2,1H3. The van der Waals surface area contributed by atoms with Gasteiger partial charge in [-0.15, -0.1) is 0 Å². The van der Waals surface area contributed by atoms with E-state index in [1.165, 1.54) is 12.1 Å². The first-order valence-corrected chi connectivity index (χ1v) is 5.10.